The molecule has 0 aliphatic rings. The molecule has 3 N–H and O–H groups in total. The largest absolute Gasteiger partial charge is 0.465 e. The van der Waals surface area contributed by atoms with Gasteiger partial charge >= 0.3 is 5.97 Å². The molecule has 0 saturated heterocycles. The predicted molar refractivity (Wildman–Crippen MR) is 62.7 cm³/mol. The lowest BCUT2D eigenvalue weighted by atomic mass is 10.4. The fourth-order valence-corrected chi connectivity index (χ4v) is 3.68. The number of thiophene rings is 1. The third-order valence-corrected chi connectivity index (χ3v) is 4.37. The van der Waals surface area contributed by atoms with Crippen molar-refractivity contribution in [2.75, 3.05) is 31.5 Å². The van der Waals surface area contributed by atoms with Crippen LogP contribution in [-0.2, 0) is 14.6 Å². The van der Waals surface area contributed by atoms with Crippen LogP contribution in [0.3, 0.4) is 0 Å². The van der Waals surface area contributed by atoms with Crippen molar-refractivity contribution in [1.82, 2.24) is 0 Å². The first-order valence-corrected chi connectivity index (χ1v) is 6.92. The van der Waals surface area contributed by atoms with Crippen molar-refractivity contribution in [1.29, 1.82) is 0 Å². The molecule has 0 spiro atoms. The van der Waals surface area contributed by atoms with Crippen LogP contribution < -0.4 is 11.1 Å². The van der Waals surface area contributed by atoms with Crippen molar-refractivity contribution in [2.24, 2.45) is 0 Å². The van der Waals surface area contributed by atoms with Gasteiger partial charge in [0.25, 0.3) is 0 Å². The number of carbonyl (C=O) groups is 1. The first kappa shape index (κ1) is 12.8. The number of carbonyl (C=O) groups excluding carboxylic acids is 1. The normalized spacial score (nSPS) is 11.2. The highest BCUT2D eigenvalue weighted by atomic mass is 32.2. The maximum Gasteiger partial charge on any atom is 0.350 e. The van der Waals surface area contributed by atoms with Crippen molar-refractivity contribution in [3.8, 4) is 0 Å². The van der Waals surface area contributed by atoms with Crippen LogP contribution in [0.1, 0.15) is 9.67 Å². The summed E-state index contributed by atoms with van der Waals surface area (Å²) in [5.74, 6) is -0.645. The molecule has 1 heterocycles. The van der Waals surface area contributed by atoms with E-state index in [0.29, 0.717) is 5.00 Å². The van der Waals surface area contributed by atoms with Gasteiger partial charge in [0.2, 0.25) is 0 Å². The minimum absolute atomic E-state index is 0.0552. The van der Waals surface area contributed by atoms with E-state index < -0.39 is 15.8 Å². The zero-order valence-electron chi connectivity index (χ0n) is 9.03. The Kier molecular flexibility index (Phi) is 3.44. The van der Waals surface area contributed by atoms with Gasteiger partial charge in [-0.1, -0.05) is 0 Å². The summed E-state index contributed by atoms with van der Waals surface area (Å²) >= 11 is 0.956. The summed E-state index contributed by atoms with van der Waals surface area (Å²) in [7, 11) is -0.716. The Balaban J connectivity index is 3.51. The molecule has 0 unspecified atom stereocenters. The lowest BCUT2D eigenvalue weighted by molar-refractivity contribution is 0.0607. The fourth-order valence-electron chi connectivity index (χ4n) is 1.21. The van der Waals surface area contributed by atoms with Gasteiger partial charge in [-0.15, -0.1) is 11.3 Å². The molecule has 0 aliphatic heterocycles. The van der Waals surface area contributed by atoms with Gasteiger partial charge < -0.3 is 15.8 Å². The van der Waals surface area contributed by atoms with Gasteiger partial charge in [0, 0.05) is 13.3 Å². The highest BCUT2D eigenvalue weighted by Crippen LogP contribution is 2.39. The van der Waals surface area contributed by atoms with Gasteiger partial charge in [0.15, 0.2) is 9.84 Å². The van der Waals surface area contributed by atoms with E-state index in [1.54, 1.807) is 7.05 Å². The number of nitrogens with two attached hydrogens (primary N) is 1. The molecule has 0 fully saturated rings. The lowest BCUT2D eigenvalue weighted by Crippen LogP contribution is -2.06. The molecule has 1 rings (SSSR count). The molecule has 0 aromatic carbocycles. The Hall–Kier alpha value is -1.28. The van der Waals surface area contributed by atoms with Crippen molar-refractivity contribution >= 4 is 37.8 Å². The number of hydrogen-bond donors (Lipinski definition) is 2. The number of hydrogen-bond acceptors (Lipinski definition) is 7. The van der Waals surface area contributed by atoms with E-state index in [9.17, 15) is 13.2 Å². The van der Waals surface area contributed by atoms with Crippen LogP contribution in [-0.4, -0.2) is 34.8 Å². The summed E-state index contributed by atoms with van der Waals surface area (Å²) in [6.07, 6.45) is 1.04. The first-order chi connectivity index (χ1) is 7.32. The van der Waals surface area contributed by atoms with Crippen LogP contribution in [0.4, 0.5) is 10.7 Å². The molecular weight excluding hydrogens is 252 g/mol. The molecule has 0 atom stereocenters. The average Bonchev–Trinajstić information content (AvgIpc) is 2.53. The third-order valence-electron chi connectivity index (χ3n) is 1.87. The Labute approximate surface area is 97.3 Å². The Morgan fingerprint density at radius 1 is 1.50 bits per heavy atom. The van der Waals surface area contributed by atoms with Crippen LogP contribution in [0, 0.1) is 0 Å². The Morgan fingerprint density at radius 2 is 2.06 bits per heavy atom. The summed E-state index contributed by atoms with van der Waals surface area (Å²) in [6.45, 7) is 0. The molecule has 6 nitrogen and oxygen atoms in total. The van der Waals surface area contributed by atoms with Crippen LogP contribution in [0.25, 0.3) is 0 Å². The Bertz CT molecular complexity index is 518. The number of esters is 1. The van der Waals surface area contributed by atoms with Crippen molar-refractivity contribution in [2.45, 2.75) is 4.90 Å². The molecule has 16 heavy (non-hydrogen) atoms. The van der Waals surface area contributed by atoms with Gasteiger partial charge in [-0.05, 0) is 0 Å². The number of methoxy groups -OCH3 is 1. The minimum atomic E-state index is -3.48. The molecule has 1 aromatic heterocycles. The van der Waals surface area contributed by atoms with Gasteiger partial charge in [-0.25, -0.2) is 13.2 Å². The standard InChI is InChI=1S/C8H12N2O4S2/c1-10-7-6(16(3,12)13)4(9)5(15-7)8(11)14-2/h10H,9H2,1-3H3. The second-order valence-electron chi connectivity index (χ2n) is 3.02. The average molecular weight is 264 g/mol. The Morgan fingerprint density at radius 3 is 2.38 bits per heavy atom. The number of ether oxygens (including phenoxy) is 1. The van der Waals surface area contributed by atoms with E-state index in [1.807, 2.05) is 0 Å². The van der Waals surface area contributed by atoms with Crippen LogP contribution in [0.5, 0.6) is 0 Å². The molecule has 0 amide bonds. The molecular formula is C8H12N2O4S2. The number of sulfone groups is 1. The van der Waals surface area contributed by atoms with Gasteiger partial charge in [0.05, 0.1) is 12.8 Å². The molecule has 0 bridgehead atoms. The maximum absolute atomic E-state index is 11.5. The molecule has 1 aromatic rings. The van der Waals surface area contributed by atoms with E-state index >= 15 is 0 Å². The molecule has 0 saturated carbocycles. The highest BCUT2D eigenvalue weighted by Gasteiger charge is 2.26. The van der Waals surface area contributed by atoms with E-state index in [-0.39, 0.29) is 15.5 Å². The van der Waals surface area contributed by atoms with Crippen LogP contribution in [0.15, 0.2) is 4.90 Å². The summed E-state index contributed by atoms with van der Waals surface area (Å²) in [6, 6.07) is 0. The van der Waals surface area contributed by atoms with Crippen LogP contribution >= 0.6 is 11.3 Å². The highest BCUT2D eigenvalue weighted by molar-refractivity contribution is 7.91. The molecule has 0 aliphatic carbocycles. The monoisotopic (exact) mass is 264 g/mol. The predicted octanol–water partition coefficient (Wildman–Crippen LogP) is 0.562. The van der Waals surface area contributed by atoms with Crippen molar-refractivity contribution < 1.29 is 17.9 Å². The van der Waals surface area contributed by atoms with Crippen molar-refractivity contribution in [3.05, 3.63) is 4.88 Å². The first-order valence-electron chi connectivity index (χ1n) is 4.21. The van der Waals surface area contributed by atoms with Crippen LogP contribution in [0.2, 0.25) is 0 Å². The second-order valence-corrected chi connectivity index (χ2v) is 5.99. The maximum atomic E-state index is 11.5. The van der Waals surface area contributed by atoms with Gasteiger partial charge in [-0.3, -0.25) is 0 Å². The third kappa shape index (κ3) is 2.12. The van der Waals surface area contributed by atoms with E-state index in [0.717, 1.165) is 17.6 Å². The molecule has 8 heteroatoms. The van der Waals surface area contributed by atoms with E-state index in [2.05, 4.69) is 10.1 Å². The number of anilines is 2. The van der Waals surface area contributed by atoms with E-state index in [4.69, 9.17) is 5.73 Å². The second kappa shape index (κ2) is 4.30. The number of nitrogens with one attached hydrogen (secondary N) is 1. The smallest absolute Gasteiger partial charge is 0.350 e. The molecule has 0 radical (unpaired) electrons. The quantitative estimate of drug-likeness (QED) is 0.774. The molecule has 90 valence electrons. The van der Waals surface area contributed by atoms with E-state index in [1.165, 1.54) is 7.11 Å². The van der Waals surface area contributed by atoms with Gasteiger partial charge in [-0.2, -0.15) is 0 Å². The summed E-state index contributed by atoms with van der Waals surface area (Å²) in [5, 5.41) is 3.03. The van der Waals surface area contributed by atoms with Crippen molar-refractivity contribution in [3.63, 3.8) is 0 Å². The number of rotatable bonds is 3. The SMILES string of the molecule is CNc1sc(C(=O)OC)c(N)c1S(C)(=O)=O. The lowest BCUT2D eigenvalue weighted by Gasteiger charge is -2.01. The topological polar surface area (TPSA) is 98.5 Å². The number of nitrogen functional groups attached to an aromatic ring is 1. The van der Waals surface area contributed by atoms with Gasteiger partial charge in [0.1, 0.15) is 14.8 Å². The minimum Gasteiger partial charge on any atom is -0.465 e. The summed E-state index contributed by atoms with van der Waals surface area (Å²) < 4.78 is 27.5. The fraction of sp³-hybridized carbons (Fsp3) is 0.375. The summed E-state index contributed by atoms with van der Waals surface area (Å²) in [5.41, 5.74) is 5.57. The summed E-state index contributed by atoms with van der Waals surface area (Å²) in [4.78, 5) is 11.4. The zero-order valence-corrected chi connectivity index (χ0v) is 10.7. The zero-order chi connectivity index (χ0) is 12.5.